The molecule has 0 atom stereocenters. The highest BCUT2D eigenvalue weighted by Crippen LogP contribution is 2.24. The highest BCUT2D eigenvalue weighted by atomic mass is 14.7. The van der Waals surface area contributed by atoms with Crippen molar-refractivity contribution in [3.8, 4) is 11.1 Å². The number of nitrogens with one attached hydrogen (secondary N) is 1. The summed E-state index contributed by atoms with van der Waals surface area (Å²) >= 11 is 0. The SMILES string of the molecule is CC.Cc1cc2cc(-c3ccncc3)ccc2[nH]1. The van der Waals surface area contributed by atoms with Crippen molar-refractivity contribution in [2.45, 2.75) is 20.8 Å². The van der Waals surface area contributed by atoms with E-state index in [9.17, 15) is 0 Å². The molecule has 0 fully saturated rings. The molecule has 0 aliphatic heterocycles. The molecule has 3 aromatic rings. The third kappa shape index (κ3) is 2.43. The van der Waals surface area contributed by atoms with Gasteiger partial charge in [-0.25, -0.2) is 0 Å². The van der Waals surface area contributed by atoms with Gasteiger partial charge >= 0.3 is 0 Å². The molecule has 3 rings (SSSR count). The summed E-state index contributed by atoms with van der Waals surface area (Å²) in [7, 11) is 0. The van der Waals surface area contributed by atoms with Gasteiger partial charge in [-0.15, -0.1) is 0 Å². The second kappa shape index (κ2) is 5.50. The Hall–Kier alpha value is -2.09. The highest BCUT2D eigenvalue weighted by molar-refractivity contribution is 5.85. The van der Waals surface area contributed by atoms with Crippen molar-refractivity contribution in [1.29, 1.82) is 0 Å². The van der Waals surface area contributed by atoms with E-state index < -0.39 is 0 Å². The van der Waals surface area contributed by atoms with Gasteiger partial charge in [0, 0.05) is 29.0 Å². The van der Waals surface area contributed by atoms with Crippen LogP contribution in [0.3, 0.4) is 0 Å². The van der Waals surface area contributed by atoms with E-state index in [2.05, 4.69) is 41.2 Å². The Morgan fingerprint density at radius 3 is 2.33 bits per heavy atom. The largest absolute Gasteiger partial charge is 0.359 e. The molecular formula is C16H18N2. The zero-order valence-electron chi connectivity index (χ0n) is 11.1. The lowest BCUT2D eigenvalue weighted by atomic mass is 10.1. The van der Waals surface area contributed by atoms with Crippen molar-refractivity contribution in [1.82, 2.24) is 9.97 Å². The first-order valence-electron chi connectivity index (χ1n) is 6.33. The van der Waals surface area contributed by atoms with Crippen molar-refractivity contribution in [3.05, 3.63) is 54.5 Å². The van der Waals surface area contributed by atoms with E-state index in [0.717, 1.165) is 0 Å². The molecule has 2 heteroatoms. The molecular weight excluding hydrogens is 220 g/mol. The molecule has 0 unspecified atom stereocenters. The summed E-state index contributed by atoms with van der Waals surface area (Å²) in [5.41, 5.74) is 4.82. The van der Waals surface area contributed by atoms with E-state index in [0.29, 0.717) is 0 Å². The number of rotatable bonds is 1. The molecule has 0 saturated carbocycles. The zero-order valence-corrected chi connectivity index (χ0v) is 11.1. The van der Waals surface area contributed by atoms with Crippen LogP contribution >= 0.6 is 0 Å². The number of aromatic nitrogens is 2. The number of nitrogens with zero attached hydrogens (tertiary/aromatic N) is 1. The average molecular weight is 238 g/mol. The Morgan fingerprint density at radius 2 is 1.61 bits per heavy atom. The van der Waals surface area contributed by atoms with Crippen molar-refractivity contribution in [2.24, 2.45) is 0 Å². The second-order valence-corrected chi connectivity index (χ2v) is 3.99. The van der Waals surface area contributed by atoms with Crippen molar-refractivity contribution in [2.75, 3.05) is 0 Å². The third-order valence-electron chi connectivity index (χ3n) is 2.77. The normalized spacial score (nSPS) is 9.94. The smallest absolute Gasteiger partial charge is 0.0456 e. The topological polar surface area (TPSA) is 28.7 Å². The molecule has 2 aromatic heterocycles. The summed E-state index contributed by atoms with van der Waals surface area (Å²) in [6, 6.07) is 12.7. The third-order valence-corrected chi connectivity index (χ3v) is 2.77. The maximum atomic E-state index is 4.03. The lowest BCUT2D eigenvalue weighted by molar-refractivity contribution is 1.30. The number of benzene rings is 1. The summed E-state index contributed by atoms with van der Waals surface area (Å²) in [4.78, 5) is 7.36. The summed E-state index contributed by atoms with van der Waals surface area (Å²) in [5, 5.41) is 1.26. The van der Waals surface area contributed by atoms with Gasteiger partial charge in [-0.1, -0.05) is 19.9 Å². The number of hydrogen-bond acceptors (Lipinski definition) is 1. The van der Waals surface area contributed by atoms with Crippen LogP contribution in [0.15, 0.2) is 48.8 Å². The van der Waals surface area contributed by atoms with Crippen LogP contribution in [0.5, 0.6) is 0 Å². The molecule has 0 spiro atoms. The minimum Gasteiger partial charge on any atom is -0.359 e. The number of hydrogen-bond donors (Lipinski definition) is 1. The number of aryl methyl sites for hydroxylation is 1. The monoisotopic (exact) mass is 238 g/mol. The Kier molecular flexibility index (Phi) is 3.78. The fraction of sp³-hybridized carbons (Fsp3) is 0.188. The van der Waals surface area contributed by atoms with Crippen molar-refractivity contribution >= 4 is 10.9 Å². The Balaban J connectivity index is 0.000000574. The Bertz CT molecular complexity index is 624. The minimum absolute atomic E-state index is 1.19. The van der Waals surface area contributed by atoms with Gasteiger partial charge in [-0.3, -0.25) is 4.98 Å². The number of pyridine rings is 1. The molecule has 1 aromatic carbocycles. The first kappa shape index (κ1) is 12.4. The van der Waals surface area contributed by atoms with Crippen LogP contribution < -0.4 is 0 Å². The van der Waals surface area contributed by atoms with Crippen LogP contribution in [0.2, 0.25) is 0 Å². The van der Waals surface area contributed by atoms with Gasteiger partial charge in [0.15, 0.2) is 0 Å². The van der Waals surface area contributed by atoms with Crippen LogP contribution in [-0.4, -0.2) is 9.97 Å². The van der Waals surface area contributed by atoms with Gasteiger partial charge in [0.05, 0.1) is 0 Å². The maximum absolute atomic E-state index is 4.03. The molecule has 18 heavy (non-hydrogen) atoms. The number of aromatic amines is 1. The van der Waals surface area contributed by atoms with E-state index >= 15 is 0 Å². The molecule has 1 N–H and O–H groups in total. The second-order valence-electron chi connectivity index (χ2n) is 3.99. The molecule has 2 heterocycles. The molecule has 0 radical (unpaired) electrons. The summed E-state index contributed by atoms with van der Waals surface area (Å²) < 4.78 is 0. The van der Waals surface area contributed by atoms with E-state index in [1.165, 1.54) is 27.7 Å². The zero-order chi connectivity index (χ0) is 13.0. The fourth-order valence-electron chi connectivity index (χ4n) is 2.00. The minimum atomic E-state index is 1.19. The molecule has 0 saturated heterocycles. The van der Waals surface area contributed by atoms with Crippen LogP contribution in [0.1, 0.15) is 19.5 Å². The average Bonchev–Trinajstić information content (AvgIpc) is 2.81. The Morgan fingerprint density at radius 1 is 0.889 bits per heavy atom. The molecule has 0 aliphatic carbocycles. The lowest BCUT2D eigenvalue weighted by Gasteiger charge is -2.00. The van der Waals surface area contributed by atoms with Crippen molar-refractivity contribution < 1.29 is 0 Å². The van der Waals surface area contributed by atoms with Crippen LogP contribution in [-0.2, 0) is 0 Å². The van der Waals surface area contributed by atoms with Gasteiger partial charge in [0.25, 0.3) is 0 Å². The molecule has 0 aliphatic rings. The summed E-state index contributed by atoms with van der Waals surface area (Å²) in [6.07, 6.45) is 3.64. The van der Waals surface area contributed by atoms with Crippen LogP contribution in [0.4, 0.5) is 0 Å². The first-order chi connectivity index (χ1) is 8.83. The Labute approximate surface area is 108 Å². The predicted octanol–water partition coefficient (Wildman–Crippen LogP) is 4.56. The quantitative estimate of drug-likeness (QED) is 0.661. The number of fused-ring (bicyclic) bond motifs is 1. The predicted molar refractivity (Wildman–Crippen MR) is 77.6 cm³/mol. The number of H-pyrrole nitrogens is 1. The van der Waals surface area contributed by atoms with Crippen LogP contribution in [0.25, 0.3) is 22.0 Å². The van der Waals surface area contributed by atoms with E-state index in [1.54, 1.807) is 0 Å². The van der Waals surface area contributed by atoms with Gasteiger partial charge in [0.1, 0.15) is 0 Å². The summed E-state index contributed by atoms with van der Waals surface area (Å²) in [6.45, 7) is 6.08. The van der Waals surface area contributed by atoms with E-state index in [1.807, 2.05) is 38.4 Å². The highest BCUT2D eigenvalue weighted by Gasteiger charge is 2.00. The fourth-order valence-corrected chi connectivity index (χ4v) is 2.00. The van der Waals surface area contributed by atoms with Gasteiger partial charge in [0.2, 0.25) is 0 Å². The van der Waals surface area contributed by atoms with Gasteiger partial charge in [-0.05, 0) is 48.4 Å². The lowest BCUT2D eigenvalue weighted by Crippen LogP contribution is -1.78. The summed E-state index contributed by atoms with van der Waals surface area (Å²) in [5.74, 6) is 0. The molecule has 92 valence electrons. The van der Waals surface area contributed by atoms with Crippen molar-refractivity contribution in [3.63, 3.8) is 0 Å². The van der Waals surface area contributed by atoms with E-state index in [-0.39, 0.29) is 0 Å². The molecule has 2 nitrogen and oxygen atoms in total. The van der Waals surface area contributed by atoms with Gasteiger partial charge < -0.3 is 4.98 Å². The first-order valence-corrected chi connectivity index (χ1v) is 6.33. The molecule has 0 bridgehead atoms. The van der Waals surface area contributed by atoms with E-state index in [4.69, 9.17) is 0 Å². The molecule has 0 amide bonds. The standard InChI is InChI=1S/C14H12N2.C2H6/c1-10-8-13-9-12(2-3-14(13)16-10)11-4-6-15-7-5-11;1-2/h2-9,16H,1H3;1-2H3. The maximum Gasteiger partial charge on any atom is 0.0456 e. The van der Waals surface area contributed by atoms with Crippen LogP contribution in [0, 0.1) is 6.92 Å². The van der Waals surface area contributed by atoms with Gasteiger partial charge in [-0.2, -0.15) is 0 Å².